The third-order valence-corrected chi connectivity index (χ3v) is 4.54. The largest absolute Gasteiger partial charge is 0.471 e. The first-order valence-electron chi connectivity index (χ1n) is 8.50. The molecule has 1 N–H and O–H groups in total. The molecule has 0 bridgehead atoms. The van der Waals surface area contributed by atoms with Crippen LogP contribution >= 0.6 is 0 Å². The molecule has 0 atom stereocenters. The second-order valence-corrected chi connectivity index (χ2v) is 6.46. The van der Waals surface area contributed by atoms with Gasteiger partial charge in [-0.15, -0.1) is 0 Å². The Morgan fingerprint density at radius 2 is 2.00 bits per heavy atom. The zero-order chi connectivity index (χ0) is 18.3. The molecule has 138 valence electrons. The number of hydrogen-bond acceptors (Lipinski definition) is 3. The van der Waals surface area contributed by atoms with Crippen LogP contribution in [0.25, 0.3) is 0 Å². The molecule has 0 unspecified atom stereocenters. The number of amides is 1. The highest BCUT2D eigenvalue weighted by molar-refractivity contribution is 5.81. The molecule has 0 radical (unpaired) electrons. The Labute approximate surface area is 145 Å². The summed E-state index contributed by atoms with van der Waals surface area (Å²) in [7, 11) is 0. The normalized spacial score (nSPS) is 16.6. The molecule has 7 heteroatoms. The fourth-order valence-electron chi connectivity index (χ4n) is 3.08. The number of aldehydes is 1. The van der Waals surface area contributed by atoms with E-state index in [9.17, 15) is 22.8 Å². The van der Waals surface area contributed by atoms with Crippen LogP contribution in [0.5, 0.6) is 0 Å². The molecule has 1 aliphatic heterocycles. The predicted octanol–water partition coefficient (Wildman–Crippen LogP) is 2.82. The molecule has 1 aliphatic rings. The highest BCUT2D eigenvalue weighted by atomic mass is 19.4. The van der Waals surface area contributed by atoms with Gasteiger partial charge in [0.1, 0.15) is 6.29 Å². The van der Waals surface area contributed by atoms with Crippen LogP contribution < -0.4 is 5.32 Å². The van der Waals surface area contributed by atoms with E-state index in [0.717, 1.165) is 57.2 Å². The fraction of sp³-hybridized carbons (Fsp3) is 0.556. The fourth-order valence-corrected chi connectivity index (χ4v) is 3.08. The molecule has 0 aromatic heterocycles. The number of carbonyl (C=O) groups is 2. The summed E-state index contributed by atoms with van der Waals surface area (Å²) < 4.78 is 36.5. The maximum atomic E-state index is 12.2. The van der Waals surface area contributed by atoms with Gasteiger partial charge in [0, 0.05) is 12.1 Å². The van der Waals surface area contributed by atoms with Gasteiger partial charge in [-0.25, -0.2) is 0 Å². The highest BCUT2D eigenvalue weighted by Gasteiger charge is 2.38. The molecule has 1 aromatic carbocycles. The van der Waals surface area contributed by atoms with Crippen LogP contribution in [0.2, 0.25) is 0 Å². The van der Waals surface area contributed by atoms with Gasteiger partial charge in [-0.1, -0.05) is 18.2 Å². The van der Waals surface area contributed by atoms with Gasteiger partial charge >= 0.3 is 12.1 Å². The Balaban J connectivity index is 1.63. The highest BCUT2D eigenvalue weighted by Crippen LogP contribution is 2.19. The van der Waals surface area contributed by atoms with Crippen molar-refractivity contribution in [3.8, 4) is 0 Å². The van der Waals surface area contributed by atoms with Crippen LogP contribution in [0.4, 0.5) is 13.2 Å². The van der Waals surface area contributed by atoms with Gasteiger partial charge in [0.2, 0.25) is 0 Å². The zero-order valence-corrected chi connectivity index (χ0v) is 14.0. The van der Waals surface area contributed by atoms with E-state index in [0.29, 0.717) is 5.56 Å². The standard InChI is InChI=1S/C18H23F3N2O2/c19-18(20,21)17(25)22-12-15-6-9-23(10-7-15)8-2-5-14-3-1-4-16(11-14)13-24/h1,3-4,11,13,15H,2,5-10,12H2,(H,22,25). The summed E-state index contributed by atoms with van der Waals surface area (Å²) in [4.78, 5) is 23.9. The number of carbonyl (C=O) groups excluding carboxylic acids is 2. The smallest absolute Gasteiger partial charge is 0.348 e. The molecule has 0 spiro atoms. The van der Waals surface area contributed by atoms with Crippen LogP contribution in [0.3, 0.4) is 0 Å². The van der Waals surface area contributed by atoms with Crippen molar-refractivity contribution in [2.75, 3.05) is 26.2 Å². The Kier molecular flexibility index (Phi) is 6.99. The monoisotopic (exact) mass is 356 g/mol. The quantitative estimate of drug-likeness (QED) is 0.765. The number of likely N-dealkylation sites (tertiary alicyclic amines) is 1. The second-order valence-electron chi connectivity index (χ2n) is 6.46. The number of nitrogens with one attached hydrogen (secondary N) is 1. The lowest BCUT2D eigenvalue weighted by Crippen LogP contribution is -2.42. The van der Waals surface area contributed by atoms with Crippen molar-refractivity contribution in [2.45, 2.75) is 31.9 Å². The first-order valence-corrected chi connectivity index (χ1v) is 8.50. The molecule has 1 heterocycles. The summed E-state index contributed by atoms with van der Waals surface area (Å²) in [6.45, 7) is 2.68. The molecule has 1 aromatic rings. The molecule has 1 amide bonds. The lowest BCUT2D eigenvalue weighted by molar-refractivity contribution is -0.173. The summed E-state index contributed by atoms with van der Waals surface area (Å²) >= 11 is 0. The number of piperidine rings is 1. The minimum atomic E-state index is -4.80. The molecule has 4 nitrogen and oxygen atoms in total. The Morgan fingerprint density at radius 1 is 1.28 bits per heavy atom. The third-order valence-electron chi connectivity index (χ3n) is 4.54. The molecule has 1 saturated heterocycles. The lowest BCUT2D eigenvalue weighted by Gasteiger charge is -2.32. The molecular formula is C18H23F3N2O2. The zero-order valence-electron chi connectivity index (χ0n) is 14.0. The number of alkyl halides is 3. The predicted molar refractivity (Wildman–Crippen MR) is 88.4 cm³/mol. The first kappa shape index (κ1) is 19.4. The average Bonchev–Trinajstić information content (AvgIpc) is 2.60. The molecular weight excluding hydrogens is 333 g/mol. The SMILES string of the molecule is O=Cc1cccc(CCCN2CCC(CNC(=O)C(F)(F)F)CC2)c1. The van der Waals surface area contributed by atoms with Crippen molar-refractivity contribution in [3.05, 3.63) is 35.4 Å². The maximum Gasteiger partial charge on any atom is 0.471 e. The van der Waals surface area contributed by atoms with Crippen LogP contribution in [0.15, 0.2) is 24.3 Å². The summed E-state index contributed by atoms with van der Waals surface area (Å²) in [5.74, 6) is -1.75. The molecule has 1 fully saturated rings. The summed E-state index contributed by atoms with van der Waals surface area (Å²) in [5.41, 5.74) is 1.81. The van der Waals surface area contributed by atoms with Gasteiger partial charge in [-0.2, -0.15) is 13.2 Å². The summed E-state index contributed by atoms with van der Waals surface area (Å²) in [6.07, 6.45) is -0.522. The number of nitrogens with zero attached hydrogens (tertiary/aromatic N) is 1. The minimum absolute atomic E-state index is 0.0880. The van der Waals surface area contributed by atoms with Crippen molar-refractivity contribution in [2.24, 2.45) is 5.92 Å². The van der Waals surface area contributed by atoms with Gasteiger partial charge in [0.15, 0.2) is 0 Å². The van der Waals surface area contributed by atoms with Crippen molar-refractivity contribution in [1.82, 2.24) is 10.2 Å². The summed E-state index contributed by atoms with van der Waals surface area (Å²) in [6, 6.07) is 7.55. The van der Waals surface area contributed by atoms with Gasteiger partial charge in [0.05, 0.1) is 0 Å². The first-order chi connectivity index (χ1) is 11.9. The van der Waals surface area contributed by atoms with E-state index in [2.05, 4.69) is 4.90 Å². The molecule has 0 aliphatic carbocycles. The van der Waals surface area contributed by atoms with Gasteiger partial charge in [-0.3, -0.25) is 9.59 Å². The van der Waals surface area contributed by atoms with Gasteiger partial charge < -0.3 is 10.2 Å². The average molecular weight is 356 g/mol. The van der Waals surface area contributed by atoms with E-state index in [1.807, 2.05) is 23.5 Å². The van der Waals surface area contributed by atoms with E-state index < -0.39 is 12.1 Å². The molecule has 25 heavy (non-hydrogen) atoms. The molecule has 0 saturated carbocycles. The number of benzene rings is 1. The Bertz CT molecular complexity index is 582. The minimum Gasteiger partial charge on any atom is -0.348 e. The number of aryl methyl sites for hydroxylation is 1. The number of halogens is 3. The Hall–Kier alpha value is -1.89. The van der Waals surface area contributed by atoms with Crippen molar-refractivity contribution >= 4 is 12.2 Å². The maximum absolute atomic E-state index is 12.2. The Morgan fingerprint density at radius 3 is 2.64 bits per heavy atom. The van der Waals surface area contributed by atoms with Crippen LogP contribution in [-0.2, 0) is 11.2 Å². The van der Waals surface area contributed by atoms with E-state index in [1.54, 1.807) is 6.07 Å². The summed E-state index contributed by atoms with van der Waals surface area (Å²) in [5, 5.41) is 1.97. The van der Waals surface area contributed by atoms with E-state index >= 15 is 0 Å². The van der Waals surface area contributed by atoms with Gasteiger partial charge in [0.25, 0.3) is 0 Å². The van der Waals surface area contributed by atoms with Crippen LogP contribution in [0.1, 0.15) is 35.2 Å². The lowest BCUT2D eigenvalue weighted by atomic mass is 9.96. The van der Waals surface area contributed by atoms with E-state index in [4.69, 9.17) is 0 Å². The molecule has 2 rings (SSSR count). The van der Waals surface area contributed by atoms with Crippen LogP contribution in [0, 0.1) is 5.92 Å². The third kappa shape index (κ3) is 6.49. The number of hydrogen-bond donors (Lipinski definition) is 1. The number of rotatable bonds is 7. The van der Waals surface area contributed by atoms with Crippen LogP contribution in [-0.4, -0.2) is 49.4 Å². The van der Waals surface area contributed by atoms with Crippen molar-refractivity contribution in [3.63, 3.8) is 0 Å². The van der Waals surface area contributed by atoms with Gasteiger partial charge in [-0.05, 0) is 62.9 Å². The second kappa shape index (κ2) is 8.99. The van der Waals surface area contributed by atoms with E-state index in [1.165, 1.54) is 0 Å². The topological polar surface area (TPSA) is 49.4 Å². The van der Waals surface area contributed by atoms with Crippen molar-refractivity contribution < 1.29 is 22.8 Å². The van der Waals surface area contributed by atoms with Crippen molar-refractivity contribution in [1.29, 1.82) is 0 Å². The van der Waals surface area contributed by atoms with E-state index in [-0.39, 0.29) is 12.5 Å².